The van der Waals surface area contributed by atoms with Gasteiger partial charge >= 0.3 is 0 Å². The van der Waals surface area contributed by atoms with Gasteiger partial charge in [-0.2, -0.15) is 0 Å². The molecule has 5 rings (SSSR count). The van der Waals surface area contributed by atoms with Crippen molar-refractivity contribution in [3.05, 3.63) is 113 Å². The molecule has 0 radical (unpaired) electrons. The van der Waals surface area contributed by atoms with Gasteiger partial charge in [0.1, 0.15) is 24.7 Å². The molecular weight excluding hydrogens is 454 g/mol. The Morgan fingerprint density at radius 2 is 1.27 bits per heavy atom. The SMILES string of the molecule is Cc1ccc(-c2c(C)cc(N3CCC(C)CC3)cc2OCc2ccccc2)cc1OCc1ccccc1. The minimum atomic E-state index is 0.539. The zero-order chi connectivity index (χ0) is 25.6. The highest BCUT2D eigenvalue weighted by Gasteiger charge is 2.20. The second-order valence-corrected chi connectivity index (χ2v) is 10.3. The lowest BCUT2D eigenvalue weighted by Gasteiger charge is -2.33. The summed E-state index contributed by atoms with van der Waals surface area (Å²) in [6.45, 7) is 9.94. The molecule has 0 aliphatic carbocycles. The summed E-state index contributed by atoms with van der Waals surface area (Å²) in [7, 11) is 0. The van der Waals surface area contributed by atoms with E-state index in [1.807, 2.05) is 24.3 Å². The molecule has 0 spiro atoms. The third-order valence-electron chi connectivity index (χ3n) is 7.38. The Kier molecular flexibility index (Phi) is 7.79. The molecule has 190 valence electrons. The Morgan fingerprint density at radius 1 is 0.676 bits per heavy atom. The first kappa shape index (κ1) is 25.0. The van der Waals surface area contributed by atoms with Crippen LogP contribution in [-0.4, -0.2) is 13.1 Å². The fourth-order valence-electron chi connectivity index (χ4n) is 5.05. The number of hydrogen-bond acceptors (Lipinski definition) is 3. The smallest absolute Gasteiger partial charge is 0.129 e. The van der Waals surface area contributed by atoms with Crippen molar-refractivity contribution in [2.45, 2.75) is 46.8 Å². The van der Waals surface area contributed by atoms with Crippen molar-refractivity contribution in [1.82, 2.24) is 0 Å². The van der Waals surface area contributed by atoms with Crippen LogP contribution < -0.4 is 14.4 Å². The van der Waals surface area contributed by atoms with E-state index in [-0.39, 0.29) is 0 Å². The van der Waals surface area contributed by atoms with Crippen LogP contribution >= 0.6 is 0 Å². The molecule has 0 atom stereocenters. The third-order valence-corrected chi connectivity index (χ3v) is 7.38. The maximum absolute atomic E-state index is 6.54. The zero-order valence-electron chi connectivity index (χ0n) is 22.2. The summed E-state index contributed by atoms with van der Waals surface area (Å²) >= 11 is 0. The van der Waals surface area contributed by atoms with Gasteiger partial charge in [-0.3, -0.25) is 0 Å². The van der Waals surface area contributed by atoms with Gasteiger partial charge in [0.25, 0.3) is 0 Å². The average Bonchev–Trinajstić information content (AvgIpc) is 2.93. The van der Waals surface area contributed by atoms with E-state index < -0.39 is 0 Å². The average molecular weight is 492 g/mol. The molecule has 37 heavy (non-hydrogen) atoms. The van der Waals surface area contributed by atoms with E-state index in [0.29, 0.717) is 13.2 Å². The van der Waals surface area contributed by atoms with Gasteiger partial charge < -0.3 is 14.4 Å². The Morgan fingerprint density at radius 3 is 1.89 bits per heavy atom. The van der Waals surface area contributed by atoms with Crippen LogP contribution in [0.2, 0.25) is 0 Å². The molecule has 1 saturated heterocycles. The van der Waals surface area contributed by atoms with E-state index in [1.165, 1.54) is 29.7 Å². The minimum absolute atomic E-state index is 0.539. The number of aryl methyl sites for hydroxylation is 2. The van der Waals surface area contributed by atoms with Crippen molar-refractivity contribution in [2.24, 2.45) is 5.92 Å². The number of ether oxygens (including phenoxy) is 2. The fraction of sp³-hybridized carbons (Fsp3) is 0.294. The summed E-state index contributed by atoms with van der Waals surface area (Å²) in [6, 6.07) is 31.8. The minimum Gasteiger partial charge on any atom is -0.489 e. The van der Waals surface area contributed by atoms with Gasteiger partial charge in [0, 0.05) is 30.4 Å². The first-order chi connectivity index (χ1) is 18.1. The number of rotatable bonds is 8. The lowest BCUT2D eigenvalue weighted by molar-refractivity contribution is 0.303. The second kappa shape index (κ2) is 11.6. The topological polar surface area (TPSA) is 21.7 Å². The molecule has 0 N–H and O–H groups in total. The first-order valence-corrected chi connectivity index (χ1v) is 13.4. The maximum Gasteiger partial charge on any atom is 0.129 e. The van der Waals surface area contributed by atoms with Gasteiger partial charge in [-0.15, -0.1) is 0 Å². The molecule has 4 aromatic carbocycles. The third kappa shape index (κ3) is 6.17. The van der Waals surface area contributed by atoms with E-state index in [9.17, 15) is 0 Å². The molecule has 3 heteroatoms. The standard InChI is InChI=1S/C34H37NO2/c1-25-16-18-35(19-17-25)31-20-27(3)34(33(22-31)37-24-29-12-8-5-9-13-29)30-15-14-26(2)32(21-30)36-23-28-10-6-4-7-11-28/h4-15,20-22,25H,16-19,23-24H2,1-3H3. The van der Waals surface area contributed by atoms with Crippen LogP contribution in [0.4, 0.5) is 5.69 Å². The highest BCUT2D eigenvalue weighted by atomic mass is 16.5. The number of nitrogens with zero attached hydrogens (tertiary/aromatic N) is 1. The molecule has 1 aliphatic heterocycles. The highest BCUT2D eigenvalue weighted by Crippen LogP contribution is 2.40. The van der Waals surface area contributed by atoms with Crippen molar-refractivity contribution in [2.75, 3.05) is 18.0 Å². The Hall–Kier alpha value is -3.72. The van der Waals surface area contributed by atoms with Crippen LogP contribution in [-0.2, 0) is 13.2 Å². The van der Waals surface area contributed by atoms with Crippen LogP contribution in [0, 0.1) is 19.8 Å². The predicted molar refractivity (Wildman–Crippen MR) is 154 cm³/mol. The van der Waals surface area contributed by atoms with Gasteiger partial charge in [-0.1, -0.05) is 79.7 Å². The lowest BCUT2D eigenvalue weighted by atomic mass is 9.95. The predicted octanol–water partition coefficient (Wildman–Crippen LogP) is 8.36. The molecule has 0 saturated carbocycles. The van der Waals surface area contributed by atoms with E-state index in [1.54, 1.807) is 0 Å². The molecule has 0 unspecified atom stereocenters. The number of piperidine rings is 1. The zero-order valence-corrected chi connectivity index (χ0v) is 22.2. The molecule has 0 aromatic heterocycles. The van der Waals surface area contributed by atoms with Gasteiger partial charge in [-0.05, 0) is 72.6 Å². The summed E-state index contributed by atoms with van der Waals surface area (Å²) in [5.41, 5.74) is 8.18. The lowest BCUT2D eigenvalue weighted by Crippen LogP contribution is -2.32. The summed E-state index contributed by atoms with van der Waals surface area (Å²) in [4.78, 5) is 2.51. The Balaban J connectivity index is 1.48. The van der Waals surface area contributed by atoms with E-state index in [2.05, 4.69) is 92.4 Å². The summed E-state index contributed by atoms with van der Waals surface area (Å²) < 4.78 is 12.8. The summed E-state index contributed by atoms with van der Waals surface area (Å²) in [6.07, 6.45) is 2.47. The normalized spacial score (nSPS) is 14.0. The Labute approximate surface area is 221 Å². The molecule has 4 aromatic rings. The van der Waals surface area contributed by atoms with Crippen molar-refractivity contribution in [3.8, 4) is 22.6 Å². The van der Waals surface area contributed by atoms with Crippen molar-refractivity contribution in [1.29, 1.82) is 0 Å². The van der Waals surface area contributed by atoms with Crippen molar-refractivity contribution >= 4 is 5.69 Å². The molecule has 0 amide bonds. The molecule has 1 fully saturated rings. The second-order valence-electron chi connectivity index (χ2n) is 10.3. The molecule has 1 heterocycles. The number of benzene rings is 4. The summed E-state index contributed by atoms with van der Waals surface area (Å²) in [5, 5.41) is 0. The van der Waals surface area contributed by atoms with Gasteiger partial charge in [0.2, 0.25) is 0 Å². The van der Waals surface area contributed by atoms with Gasteiger partial charge in [0.15, 0.2) is 0 Å². The number of hydrogen-bond donors (Lipinski definition) is 0. The molecule has 1 aliphatic rings. The van der Waals surface area contributed by atoms with Gasteiger partial charge in [-0.25, -0.2) is 0 Å². The van der Waals surface area contributed by atoms with Crippen LogP contribution in [0.5, 0.6) is 11.5 Å². The Bertz CT molecular complexity index is 1310. The van der Waals surface area contributed by atoms with Crippen molar-refractivity contribution < 1.29 is 9.47 Å². The monoisotopic (exact) mass is 491 g/mol. The fourth-order valence-corrected chi connectivity index (χ4v) is 5.05. The van der Waals surface area contributed by atoms with Crippen LogP contribution in [0.3, 0.4) is 0 Å². The van der Waals surface area contributed by atoms with E-state index in [0.717, 1.165) is 52.8 Å². The van der Waals surface area contributed by atoms with E-state index in [4.69, 9.17) is 9.47 Å². The van der Waals surface area contributed by atoms with Crippen LogP contribution in [0.25, 0.3) is 11.1 Å². The van der Waals surface area contributed by atoms with Crippen molar-refractivity contribution in [3.63, 3.8) is 0 Å². The van der Waals surface area contributed by atoms with E-state index >= 15 is 0 Å². The molecule has 3 nitrogen and oxygen atoms in total. The quantitative estimate of drug-likeness (QED) is 0.247. The number of anilines is 1. The summed E-state index contributed by atoms with van der Waals surface area (Å²) in [5.74, 6) is 2.63. The highest BCUT2D eigenvalue weighted by molar-refractivity contribution is 5.78. The largest absolute Gasteiger partial charge is 0.489 e. The molecule has 0 bridgehead atoms. The molecular formula is C34H37NO2. The van der Waals surface area contributed by atoms with Gasteiger partial charge in [0.05, 0.1) is 0 Å². The maximum atomic E-state index is 6.54. The first-order valence-electron chi connectivity index (χ1n) is 13.4. The van der Waals surface area contributed by atoms with Crippen LogP contribution in [0.1, 0.15) is 42.0 Å². The van der Waals surface area contributed by atoms with Crippen LogP contribution in [0.15, 0.2) is 91.0 Å².